The van der Waals surface area contributed by atoms with E-state index in [1.165, 1.54) is 6.42 Å². The summed E-state index contributed by atoms with van der Waals surface area (Å²) in [5.41, 5.74) is 0. The quantitative estimate of drug-likeness (QED) is 0.650. The average molecular weight is 180 g/mol. The molecule has 0 aliphatic carbocycles. The molecule has 1 aliphatic heterocycles. The summed E-state index contributed by atoms with van der Waals surface area (Å²) in [6.45, 7) is -0.106. The minimum absolute atomic E-state index is 0.106. The maximum Gasteiger partial charge on any atom is 0.0980 e. The van der Waals surface area contributed by atoms with Gasteiger partial charge in [-0.3, -0.25) is 0 Å². The van der Waals surface area contributed by atoms with Crippen LogP contribution in [0.2, 0.25) is 0 Å². The molecule has 0 aromatic heterocycles. The summed E-state index contributed by atoms with van der Waals surface area (Å²) in [4.78, 5) is 0. The van der Waals surface area contributed by atoms with E-state index in [2.05, 4.69) is 0 Å². The molecule has 0 aromatic carbocycles. The molecule has 1 atom stereocenters. The van der Waals surface area contributed by atoms with Crippen molar-refractivity contribution in [2.24, 2.45) is 0 Å². The molecule has 0 radical (unpaired) electrons. The first-order valence-corrected chi connectivity index (χ1v) is 5.46. The lowest BCUT2D eigenvalue weighted by Crippen LogP contribution is -2.26. The summed E-state index contributed by atoms with van der Waals surface area (Å²) >= 11 is 3.50. The lowest BCUT2D eigenvalue weighted by Gasteiger charge is -2.23. The normalized spacial score (nSPS) is 24.6. The first kappa shape index (κ1) is 8.71. The molecule has 1 heterocycles. The van der Waals surface area contributed by atoms with Gasteiger partial charge >= 0.3 is 0 Å². The van der Waals surface area contributed by atoms with Gasteiger partial charge in [0.05, 0.1) is 17.3 Å². The van der Waals surface area contributed by atoms with Crippen molar-refractivity contribution < 1.29 is 10.2 Å². The molecule has 1 aliphatic rings. The fourth-order valence-corrected chi connectivity index (χ4v) is 3.66. The standard InChI is InChI=1S/C6H12O2S2/c7-4-5(8)6-9-2-1-3-10-6/h5-8H,1-4H2/t5-/m1/s1. The van der Waals surface area contributed by atoms with Crippen molar-refractivity contribution in [2.75, 3.05) is 18.1 Å². The molecule has 60 valence electrons. The van der Waals surface area contributed by atoms with Crippen LogP contribution >= 0.6 is 23.5 Å². The van der Waals surface area contributed by atoms with E-state index >= 15 is 0 Å². The second-order valence-corrected chi connectivity index (χ2v) is 5.01. The molecule has 1 fully saturated rings. The van der Waals surface area contributed by atoms with E-state index in [0.717, 1.165) is 11.5 Å². The van der Waals surface area contributed by atoms with Gasteiger partial charge in [-0.2, -0.15) is 0 Å². The highest BCUT2D eigenvalue weighted by Gasteiger charge is 2.21. The van der Waals surface area contributed by atoms with Crippen molar-refractivity contribution >= 4 is 23.5 Å². The predicted octanol–water partition coefficient (Wildman–Crippen LogP) is 0.536. The molecule has 0 amide bonds. The highest BCUT2D eigenvalue weighted by molar-refractivity contribution is 8.17. The summed E-state index contributed by atoms with van der Waals surface area (Å²) in [5.74, 6) is 2.24. The van der Waals surface area contributed by atoms with E-state index < -0.39 is 6.10 Å². The fraction of sp³-hybridized carbons (Fsp3) is 1.00. The van der Waals surface area contributed by atoms with E-state index in [0.29, 0.717) is 0 Å². The van der Waals surface area contributed by atoms with Crippen LogP contribution in [0.3, 0.4) is 0 Å². The maximum atomic E-state index is 9.19. The van der Waals surface area contributed by atoms with Crippen molar-refractivity contribution in [2.45, 2.75) is 17.1 Å². The number of aliphatic hydroxyl groups is 2. The Morgan fingerprint density at radius 2 is 2.00 bits per heavy atom. The Labute approximate surface area is 69.4 Å². The van der Waals surface area contributed by atoms with E-state index in [-0.39, 0.29) is 11.2 Å². The lowest BCUT2D eigenvalue weighted by atomic mass is 10.4. The van der Waals surface area contributed by atoms with Crippen molar-refractivity contribution in [1.29, 1.82) is 0 Å². The Kier molecular flexibility index (Phi) is 3.91. The Bertz CT molecular complexity index is 93.7. The first-order valence-electron chi connectivity index (χ1n) is 3.36. The zero-order chi connectivity index (χ0) is 7.40. The highest BCUT2D eigenvalue weighted by Crippen LogP contribution is 2.32. The van der Waals surface area contributed by atoms with Gasteiger partial charge in [0.25, 0.3) is 0 Å². The van der Waals surface area contributed by atoms with Crippen molar-refractivity contribution in [3.8, 4) is 0 Å². The smallest absolute Gasteiger partial charge is 0.0980 e. The van der Waals surface area contributed by atoms with Gasteiger partial charge in [0.2, 0.25) is 0 Å². The third-order valence-corrected chi connectivity index (χ3v) is 4.50. The van der Waals surface area contributed by atoms with Gasteiger partial charge in [0, 0.05) is 0 Å². The summed E-state index contributed by atoms with van der Waals surface area (Å²) in [7, 11) is 0. The molecule has 0 saturated carbocycles. The maximum absolute atomic E-state index is 9.19. The zero-order valence-electron chi connectivity index (χ0n) is 5.69. The number of thioether (sulfide) groups is 2. The van der Waals surface area contributed by atoms with Crippen LogP contribution < -0.4 is 0 Å². The molecule has 2 nitrogen and oxygen atoms in total. The zero-order valence-corrected chi connectivity index (χ0v) is 7.33. The van der Waals surface area contributed by atoms with E-state index in [1.807, 2.05) is 0 Å². The Balaban J connectivity index is 2.24. The highest BCUT2D eigenvalue weighted by atomic mass is 32.2. The number of hydrogen-bond donors (Lipinski definition) is 2. The SMILES string of the molecule is OC[C@@H](O)C1SCCCS1. The molecule has 1 saturated heterocycles. The van der Waals surface area contributed by atoms with Crippen LogP contribution in [0, 0.1) is 0 Å². The van der Waals surface area contributed by atoms with Crippen LogP contribution in [0.5, 0.6) is 0 Å². The second kappa shape index (κ2) is 4.49. The average Bonchev–Trinajstić information content (AvgIpc) is 2.05. The monoisotopic (exact) mass is 180 g/mol. The van der Waals surface area contributed by atoms with Gasteiger partial charge in [-0.15, -0.1) is 23.5 Å². The Morgan fingerprint density at radius 1 is 1.40 bits per heavy atom. The van der Waals surface area contributed by atoms with Crippen LogP contribution in [0.1, 0.15) is 6.42 Å². The fourth-order valence-electron chi connectivity index (χ4n) is 0.814. The van der Waals surface area contributed by atoms with Gasteiger partial charge in [-0.05, 0) is 17.9 Å². The molecule has 1 rings (SSSR count). The van der Waals surface area contributed by atoms with Gasteiger partial charge in [0.1, 0.15) is 0 Å². The van der Waals surface area contributed by atoms with Crippen molar-refractivity contribution in [1.82, 2.24) is 0 Å². The van der Waals surface area contributed by atoms with Crippen molar-refractivity contribution in [3.63, 3.8) is 0 Å². The summed E-state index contributed by atoms with van der Waals surface area (Å²) < 4.78 is 0.207. The largest absolute Gasteiger partial charge is 0.394 e. The first-order chi connectivity index (χ1) is 4.84. The van der Waals surface area contributed by atoms with Crippen LogP contribution in [0.4, 0.5) is 0 Å². The topological polar surface area (TPSA) is 40.5 Å². The van der Waals surface area contributed by atoms with Gasteiger partial charge in [-0.1, -0.05) is 0 Å². The van der Waals surface area contributed by atoms with E-state index in [9.17, 15) is 5.11 Å². The molecule has 0 bridgehead atoms. The third-order valence-electron chi connectivity index (χ3n) is 1.35. The van der Waals surface area contributed by atoms with E-state index in [1.54, 1.807) is 23.5 Å². The van der Waals surface area contributed by atoms with Gasteiger partial charge in [0.15, 0.2) is 0 Å². The van der Waals surface area contributed by atoms with Gasteiger partial charge < -0.3 is 10.2 Å². The van der Waals surface area contributed by atoms with Crippen LogP contribution in [-0.2, 0) is 0 Å². The van der Waals surface area contributed by atoms with Gasteiger partial charge in [-0.25, -0.2) is 0 Å². The third kappa shape index (κ3) is 2.34. The lowest BCUT2D eigenvalue weighted by molar-refractivity contribution is 0.108. The molecular weight excluding hydrogens is 168 g/mol. The van der Waals surface area contributed by atoms with Crippen LogP contribution in [0.15, 0.2) is 0 Å². The molecule has 0 spiro atoms. The van der Waals surface area contributed by atoms with E-state index in [4.69, 9.17) is 5.11 Å². The second-order valence-electron chi connectivity index (χ2n) is 2.21. The molecule has 10 heavy (non-hydrogen) atoms. The Hall–Kier alpha value is 0.620. The van der Waals surface area contributed by atoms with Crippen LogP contribution in [-0.4, -0.2) is 39.0 Å². The summed E-state index contributed by atoms with van der Waals surface area (Å²) in [6, 6.07) is 0. The molecular formula is C6H12O2S2. The predicted molar refractivity (Wildman–Crippen MR) is 46.4 cm³/mol. The minimum atomic E-state index is -0.532. The molecule has 0 unspecified atom stereocenters. The number of hydrogen-bond acceptors (Lipinski definition) is 4. The van der Waals surface area contributed by atoms with Crippen LogP contribution in [0.25, 0.3) is 0 Å². The molecule has 4 heteroatoms. The Morgan fingerprint density at radius 3 is 2.50 bits per heavy atom. The summed E-state index contributed by atoms with van der Waals surface area (Å²) in [6.07, 6.45) is 0.694. The minimum Gasteiger partial charge on any atom is -0.394 e. The molecule has 2 N–H and O–H groups in total. The number of aliphatic hydroxyl groups excluding tert-OH is 2. The number of rotatable bonds is 2. The summed E-state index contributed by atoms with van der Waals surface area (Å²) in [5, 5.41) is 17.8. The molecule has 0 aromatic rings. The van der Waals surface area contributed by atoms with Crippen molar-refractivity contribution in [3.05, 3.63) is 0 Å².